The van der Waals surface area contributed by atoms with Crippen LogP contribution in [0.1, 0.15) is 35.2 Å². The van der Waals surface area contributed by atoms with E-state index in [-0.39, 0.29) is 11.9 Å². The summed E-state index contributed by atoms with van der Waals surface area (Å²) < 4.78 is 4.80. The Labute approximate surface area is 123 Å². The number of rotatable bonds is 2. The normalized spacial score (nSPS) is 18.8. The largest absolute Gasteiger partial charge is 0.467 e. The lowest BCUT2D eigenvalue weighted by Crippen LogP contribution is -2.48. The van der Waals surface area contributed by atoms with Crippen molar-refractivity contribution >= 4 is 23.5 Å². The van der Waals surface area contributed by atoms with Crippen molar-refractivity contribution < 1.29 is 14.3 Å². The van der Waals surface area contributed by atoms with Gasteiger partial charge in [0.15, 0.2) is 0 Å². The van der Waals surface area contributed by atoms with Crippen LogP contribution in [0.3, 0.4) is 0 Å². The number of hydrogen-bond donors (Lipinski definition) is 0. The average Bonchev–Trinajstić information content (AvgIpc) is 2.48. The number of esters is 1. The molecule has 1 aliphatic rings. The first-order valence-electron chi connectivity index (χ1n) is 6.69. The van der Waals surface area contributed by atoms with Crippen LogP contribution in [0.4, 0.5) is 0 Å². The third-order valence-electron chi connectivity index (χ3n) is 3.67. The van der Waals surface area contributed by atoms with E-state index in [1.807, 2.05) is 13.0 Å². The number of amides is 1. The Morgan fingerprint density at radius 2 is 2.10 bits per heavy atom. The third kappa shape index (κ3) is 2.96. The minimum atomic E-state index is -0.486. The molecule has 1 saturated heterocycles. The van der Waals surface area contributed by atoms with Crippen LogP contribution in [0.2, 0.25) is 5.02 Å². The standard InChI is InChI=1S/C15H18ClNO3/c1-10-6-7-11(16)9-12(10)14(18)17-8-4-3-5-13(17)15(19)20-2/h6-7,9,13H,3-5,8H2,1-2H3/t13-/m1/s1. The number of carbonyl (C=O) groups excluding carboxylic acids is 2. The van der Waals surface area contributed by atoms with Crippen molar-refractivity contribution in [1.29, 1.82) is 0 Å². The average molecular weight is 296 g/mol. The van der Waals surface area contributed by atoms with Crippen LogP contribution in [0, 0.1) is 6.92 Å². The summed E-state index contributed by atoms with van der Waals surface area (Å²) in [4.78, 5) is 26.1. The number of nitrogens with zero attached hydrogens (tertiary/aromatic N) is 1. The predicted octanol–water partition coefficient (Wildman–Crippen LogP) is 2.82. The molecule has 0 saturated carbocycles. The van der Waals surface area contributed by atoms with Crippen molar-refractivity contribution in [2.24, 2.45) is 0 Å². The summed E-state index contributed by atoms with van der Waals surface area (Å²) in [6.07, 6.45) is 2.48. The molecule has 1 aromatic carbocycles. The van der Waals surface area contributed by atoms with Crippen LogP contribution < -0.4 is 0 Å². The molecule has 1 heterocycles. The summed E-state index contributed by atoms with van der Waals surface area (Å²) in [5.74, 6) is -0.502. The summed E-state index contributed by atoms with van der Waals surface area (Å²) in [6, 6.07) is 4.73. The minimum Gasteiger partial charge on any atom is -0.467 e. The van der Waals surface area contributed by atoms with Crippen LogP contribution in [-0.2, 0) is 9.53 Å². The summed E-state index contributed by atoms with van der Waals surface area (Å²) in [5.41, 5.74) is 1.40. The Morgan fingerprint density at radius 1 is 1.35 bits per heavy atom. The van der Waals surface area contributed by atoms with E-state index < -0.39 is 6.04 Å². The van der Waals surface area contributed by atoms with Crippen molar-refractivity contribution in [3.8, 4) is 0 Å². The number of piperidine rings is 1. The first kappa shape index (κ1) is 14.9. The molecular formula is C15H18ClNO3. The molecule has 20 heavy (non-hydrogen) atoms. The molecular weight excluding hydrogens is 278 g/mol. The molecule has 0 bridgehead atoms. The van der Waals surface area contributed by atoms with Crippen LogP contribution in [-0.4, -0.2) is 36.5 Å². The zero-order valence-electron chi connectivity index (χ0n) is 11.7. The zero-order chi connectivity index (χ0) is 14.7. The van der Waals surface area contributed by atoms with E-state index in [2.05, 4.69) is 0 Å². The number of halogens is 1. The highest BCUT2D eigenvalue weighted by molar-refractivity contribution is 6.31. The maximum absolute atomic E-state index is 12.7. The van der Waals surface area contributed by atoms with Crippen molar-refractivity contribution in [3.05, 3.63) is 34.3 Å². The Hall–Kier alpha value is -1.55. The molecule has 0 radical (unpaired) electrons. The Morgan fingerprint density at radius 3 is 2.80 bits per heavy atom. The molecule has 1 amide bonds. The number of ether oxygens (including phenoxy) is 1. The second-order valence-electron chi connectivity index (χ2n) is 4.99. The third-order valence-corrected chi connectivity index (χ3v) is 3.90. The van der Waals surface area contributed by atoms with Gasteiger partial charge >= 0.3 is 5.97 Å². The maximum atomic E-state index is 12.7. The molecule has 0 spiro atoms. The highest BCUT2D eigenvalue weighted by Crippen LogP contribution is 2.23. The van der Waals surface area contributed by atoms with E-state index in [1.54, 1.807) is 17.0 Å². The first-order chi connectivity index (χ1) is 9.54. The van der Waals surface area contributed by atoms with E-state index in [0.29, 0.717) is 23.6 Å². The lowest BCUT2D eigenvalue weighted by molar-refractivity contribution is -0.147. The fourth-order valence-corrected chi connectivity index (χ4v) is 2.71. The van der Waals surface area contributed by atoms with Gasteiger partial charge in [0, 0.05) is 17.1 Å². The Balaban J connectivity index is 2.30. The van der Waals surface area contributed by atoms with Gasteiger partial charge in [-0.05, 0) is 43.9 Å². The number of hydrogen-bond acceptors (Lipinski definition) is 3. The molecule has 108 valence electrons. The molecule has 0 N–H and O–H groups in total. The van der Waals surface area contributed by atoms with Gasteiger partial charge in [0.05, 0.1) is 7.11 Å². The van der Waals surface area contributed by atoms with Crippen molar-refractivity contribution in [1.82, 2.24) is 4.90 Å². The monoisotopic (exact) mass is 295 g/mol. The van der Waals surface area contributed by atoms with Crippen LogP contribution >= 0.6 is 11.6 Å². The second-order valence-corrected chi connectivity index (χ2v) is 5.43. The number of benzene rings is 1. The number of likely N-dealkylation sites (tertiary alicyclic amines) is 1. The van der Waals surface area contributed by atoms with Crippen LogP contribution in [0.25, 0.3) is 0 Å². The molecule has 5 heteroatoms. The highest BCUT2D eigenvalue weighted by Gasteiger charge is 2.33. The fraction of sp³-hybridized carbons (Fsp3) is 0.467. The van der Waals surface area contributed by atoms with Crippen molar-refractivity contribution in [3.63, 3.8) is 0 Å². The molecule has 0 aromatic heterocycles. The summed E-state index contributed by atoms with van der Waals surface area (Å²) in [5, 5.41) is 0.519. The van der Waals surface area contributed by atoms with Crippen molar-refractivity contribution in [2.75, 3.05) is 13.7 Å². The van der Waals surface area contributed by atoms with Gasteiger partial charge in [0.2, 0.25) is 0 Å². The molecule has 1 aliphatic heterocycles. The van der Waals surface area contributed by atoms with Gasteiger partial charge in [-0.15, -0.1) is 0 Å². The first-order valence-corrected chi connectivity index (χ1v) is 7.07. The molecule has 1 atom stereocenters. The SMILES string of the molecule is COC(=O)[C@H]1CCCCN1C(=O)c1cc(Cl)ccc1C. The van der Waals surface area contributed by atoms with E-state index in [9.17, 15) is 9.59 Å². The quantitative estimate of drug-likeness (QED) is 0.788. The molecule has 1 fully saturated rings. The predicted molar refractivity (Wildman–Crippen MR) is 76.9 cm³/mol. The van der Waals surface area contributed by atoms with Gasteiger partial charge < -0.3 is 9.64 Å². The zero-order valence-corrected chi connectivity index (χ0v) is 12.4. The van der Waals surface area contributed by atoms with Gasteiger partial charge in [-0.25, -0.2) is 4.79 Å². The van der Waals surface area contributed by atoms with Gasteiger partial charge in [0.25, 0.3) is 5.91 Å². The Bertz CT molecular complexity index is 530. The number of methoxy groups -OCH3 is 1. The van der Waals surface area contributed by atoms with Gasteiger partial charge in [-0.3, -0.25) is 4.79 Å². The van der Waals surface area contributed by atoms with E-state index >= 15 is 0 Å². The fourth-order valence-electron chi connectivity index (χ4n) is 2.54. The molecule has 4 nitrogen and oxygen atoms in total. The minimum absolute atomic E-state index is 0.153. The molecule has 1 aromatic rings. The summed E-state index contributed by atoms with van der Waals surface area (Å²) in [7, 11) is 1.35. The van der Waals surface area contributed by atoms with E-state index in [1.165, 1.54) is 7.11 Å². The lowest BCUT2D eigenvalue weighted by atomic mass is 9.99. The topological polar surface area (TPSA) is 46.6 Å². The van der Waals surface area contributed by atoms with Gasteiger partial charge in [-0.1, -0.05) is 17.7 Å². The Kier molecular flexibility index (Phi) is 4.65. The van der Waals surface area contributed by atoms with Crippen molar-refractivity contribution in [2.45, 2.75) is 32.2 Å². The number of carbonyl (C=O) groups is 2. The van der Waals surface area contributed by atoms with E-state index in [0.717, 1.165) is 18.4 Å². The maximum Gasteiger partial charge on any atom is 0.328 e. The van der Waals surface area contributed by atoms with Gasteiger partial charge in [0.1, 0.15) is 6.04 Å². The van der Waals surface area contributed by atoms with Gasteiger partial charge in [-0.2, -0.15) is 0 Å². The molecule has 0 aliphatic carbocycles. The van der Waals surface area contributed by atoms with E-state index in [4.69, 9.17) is 16.3 Å². The summed E-state index contributed by atoms with van der Waals surface area (Å²) >= 11 is 5.96. The molecule has 2 rings (SSSR count). The smallest absolute Gasteiger partial charge is 0.328 e. The summed E-state index contributed by atoms with van der Waals surface area (Å²) in [6.45, 7) is 2.44. The van der Waals surface area contributed by atoms with Crippen LogP contribution in [0.5, 0.6) is 0 Å². The molecule has 0 unspecified atom stereocenters. The lowest BCUT2D eigenvalue weighted by Gasteiger charge is -2.34. The number of aryl methyl sites for hydroxylation is 1. The van der Waals surface area contributed by atoms with Crippen LogP contribution in [0.15, 0.2) is 18.2 Å². The highest BCUT2D eigenvalue weighted by atomic mass is 35.5. The second kappa shape index (κ2) is 6.27.